The average molecular weight is 412 g/mol. The van der Waals surface area contributed by atoms with E-state index in [9.17, 15) is 9.59 Å². The second-order valence-corrected chi connectivity index (χ2v) is 8.28. The van der Waals surface area contributed by atoms with Crippen molar-refractivity contribution in [1.29, 1.82) is 0 Å². The number of halogens is 1. The molecule has 2 atom stereocenters. The summed E-state index contributed by atoms with van der Waals surface area (Å²) in [6.07, 6.45) is 6.17. The van der Waals surface area contributed by atoms with Gasteiger partial charge in [-0.1, -0.05) is 49.1 Å². The normalized spacial score (nSPS) is 21.5. The first kappa shape index (κ1) is 19.8. The largest absolute Gasteiger partial charge is 0.352 e. The fraction of sp³-hybridized carbons (Fsp3) is 0.391. The van der Waals surface area contributed by atoms with Crippen molar-refractivity contribution in [2.24, 2.45) is 0 Å². The van der Waals surface area contributed by atoms with Gasteiger partial charge in [0.05, 0.1) is 0 Å². The van der Waals surface area contributed by atoms with Crippen LogP contribution >= 0.6 is 11.6 Å². The predicted molar refractivity (Wildman–Crippen MR) is 116 cm³/mol. The first-order valence-electron chi connectivity index (χ1n) is 10.3. The zero-order chi connectivity index (χ0) is 20.2. The molecule has 3 amide bonds. The highest BCUT2D eigenvalue weighted by Gasteiger charge is 2.27. The van der Waals surface area contributed by atoms with Gasteiger partial charge in [-0.15, -0.1) is 0 Å². The van der Waals surface area contributed by atoms with Crippen molar-refractivity contribution in [3.8, 4) is 0 Å². The summed E-state index contributed by atoms with van der Waals surface area (Å²) in [5.74, 6) is 0.192. The molecule has 1 aliphatic carbocycles. The lowest BCUT2D eigenvalue weighted by molar-refractivity contribution is 0.0946. The molecule has 0 radical (unpaired) electrons. The standard InChI is InChI=1S/C23H26ClN3O2/c24-16-11-9-15(10-12-16)17-5-2-1-3-7-20(17)26-23(29)27-21-8-4-6-19-18(21)13-14-25-22(19)28/h4,6,8-12,17,20H,1-3,5,7,13-14H2,(H,25,28)(H2,26,27,29). The minimum Gasteiger partial charge on any atom is -0.352 e. The number of hydrogen-bond donors (Lipinski definition) is 3. The molecule has 29 heavy (non-hydrogen) atoms. The first-order chi connectivity index (χ1) is 14.1. The maximum atomic E-state index is 12.8. The van der Waals surface area contributed by atoms with Gasteiger partial charge in [0.2, 0.25) is 0 Å². The van der Waals surface area contributed by atoms with Crippen LogP contribution in [0, 0.1) is 0 Å². The van der Waals surface area contributed by atoms with Crippen LogP contribution in [-0.4, -0.2) is 24.5 Å². The topological polar surface area (TPSA) is 70.2 Å². The van der Waals surface area contributed by atoms with Crippen LogP contribution in [0.4, 0.5) is 10.5 Å². The summed E-state index contributed by atoms with van der Waals surface area (Å²) in [4.78, 5) is 24.9. The zero-order valence-electron chi connectivity index (χ0n) is 16.3. The number of anilines is 1. The fourth-order valence-corrected chi connectivity index (χ4v) is 4.62. The molecule has 2 unspecified atom stereocenters. The van der Waals surface area contributed by atoms with Gasteiger partial charge < -0.3 is 16.0 Å². The molecule has 1 aliphatic heterocycles. The van der Waals surface area contributed by atoms with Gasteiger partial charge >= 0.3 is 6.03 Å². The molecule has 1 fully saturated rings. The average Bonchev–Trinajstić information content (AvgIpc) is 2.95. The number of urea groups is 1. The highest BCUT2D eigenvalue weighted by atomic mass is 35.5. The molecule has 1 heterocycles. The highest BCUT2D eigenvalue weighted by molar-refractivity contribution is 6.30. The molecule has 3 N–H and O–H groups in total. The molecular formula is C23H26ClN3O2. The van der Waals surface area contributed by atoms with Crippen LogP contribution in [0.3, 0.4) is 0 Å². The molecule has 1 saturated carbocycles. The lowest BCUT2D eigenvalue weighted by Crippen LogP contribution is -2.41. The maximum absolute atomic E-state index is 12.8. The van der Waals surface area contributed by atoms with Crippen LogP contribution in [0.1, 0.15) is 59.5 Å². The molecule has 2 aromatic carbocycles. The Hall–Kier alpha value is -2.53. The van der Waals surface area contributed by atoms with Gasteiger partial charge in [0.15, 0.2) is 0 Å². The maximum Gasteiger partial charge on any atom is 0.319 e. The Morgan fingerprint density at radius 2 is 1.83 bits per heavy atom. The Balaban J connectivity index is 1.50. The molecule has 4 rings (SSSR count). The zero-order valence-corrected chi connectivity index (χ0v) is 17.1. The lowest BCUT2D eigenvalue weighted by atomic mass is 9.87. The quantitative estimate of drug-likeness (QED) is 0.631. The van der Waals surface area contributed by atoms with Crippen LogP contribution in [-0.2, 0) is 6.42 Å². The number of carbonyl (C=O) groups excluding carboxylic acids is 2. The SMILES string of the molecule is O=C(Nc1cccc2c1CCNC2=O)NC1CCCCCC1c1ccc(Cl)cc1. The summed E-state index contributed by atoms with van der Waals surface area (Å²) < 4.78 is 0. The monoisotopic (exact) mass is 411 g/mol. The Morgan fingerprint density at radius 1 is 1.03 bits per heavy atom. The summed E-state index contributed by atoms with van der Waals surface area (Å²) in [5.41, 5.74) is 3.48. The van der Waals surface area contributed by atoms with E-state index in [4.69, 9.17) is 11.6 Å². The van der Waals surface area contributed by atoms with Crippen molar-refractivity contribution >= 4 is 29.2 Å². The minimum absolute atomic E-state index is 0.0708. The van der Waals surface area contributed by atoms with Gasteiger partial charge in [-0.3, -0.25) is 4.79 Å². The van der Waals surface area contributed by atoms with Gasteiger partial charge in [0, 0.05) is 34.8 Å². The second-order valence-electron chi connectivity index (χ2n) is 7.84. The van der Waals surface area contributed by atoms with Gasteiger partial charge in [0.1, 0.15) is 0 Å². The first-order valence-corrected chi connectivity index (χ1v) is 10.7. The van der Waals surface area contributed by atoms with E-state index in [1.165, 1.54) is 12.0 Å². The van der Waals surface area contributed by atoms with Gasteiger partial charge in [-0.05, 0) is 54.7 Å². The van der Waals surface area contributed by atoms with Crippen molar-refractivity contribution in [1.82, 2.24) is 10.6 Å². The van der Waals surface area contributed by atoms with Gasteiger partial charge in [-0.25, -0.2) is 4.79 Å². The number of benzene rings is 2. The third-order valence-corrected chi connectivity index (χ3v) is 6.21. The molecular weight excluding hydrogens is 386 g/mol. The molecule has 0 aromatic heterocycles. The van der Waals surface area contributed by atoms with Crippen molar-refractivity contribution < 1.29 is 9.59 Å². The lowest BCUT2D eigenvalue weighted by Gasteiger charge is -2.27. The van der Waals surface area contributed by atoms with E-state index in [-0.39, 0.29) is 23.9 Å². The molecule has 5 nitrogen and oxygen atoms in total. The molecule has 0 saturated heterocycles. The molecule has 152 valence electrons. The van der Waals surface area contributed by atoms with E-state index in [0.29, 0.717) is 24.2 Å². The highest BCUT2D eigenvalue weighted by Crippen LogP contribution is 2.33. The van der Waals surface area contributed by atoms with Crippen LogP contribution in [0.15, 0.2) is 42.5 Å². The number of hydrogen-bond acceptors (Lipinski definition) is 2. The van der Waals surface area contributed by atoms with Crippen LogP contribution < -0.4 is 16.0 Å². The van der Waals surface area contributed by atoms with Crippen molar-refractivity contribution in [3.63, 3.8) is 0 Å². The van der Waals surface area contributed by atoms with Crippen molar-refractivity contribution in [2.75, 3.05) is 11.9 Å². The van der Waals surface area contributed by atoms with Crippen LogP contribution in [0.25, 0.3) is 0 Å². The number of rotatable bonds is 3. The van der Waals surface area contributed by atoms with E-state index in [1.807, 2.05) is 24.3 Å². The van der Waals surface area contributed by atoms with Gasteiger partial charge in [-0.2, -0.15) is 0 Å². The molecule has 6 heteroatoms. The third-order valence-electron chi connectivity index (χ3n) is 5.96. The summed E-state index contributed by atoms with van der Waals surface area (Å²) >= 11 is 6.05. The fourth-order valence-electron chi connectivity index (χ4n) is 4.50. The van der Waals surface area contributed by atoms with E-state index < -0.39 is 0 Å². The van der Waals surface area contributed by atoms with E-state index in [2.05, 4.69) is 28.1 Å². The summed E-state index contributed by atoms with van der Waals surface area (Å²) in [6.45, 7) is 0.591. The number of carbonyl (C=O) groups is 2. The molecule has 2 aliphatic rings. The Bertz CT molecular complexity index is 897. The van der Waals surface area contributed by atoms with Crippen molar-refractivity contribution in [3.05, 3.63) is 64.2 Å². The van der Waals surface area contributed by atoms with Crippen LogP contribution in [0.2, 0.25) is 5.02 Å². The van der Waals surface area contributed by atoms with Crippen molar-refractivity contribution in [2.45, 2.75) is 50.5 Å². The summed E-state index contributed by atoms with van der Waals surface area (Å²) in [7, 11) is 0. The summed E-state index contributed by atoms with van der Waals surface area (Å²) in [6, 6.07) is 13.3. The van der Waals surface area contributed by atoms with Crippen LogP contribution in [0.5, 0.6) is 0 Å². The van der Waals surface area contributed by atoms with E-state index in [0.717, 1.165) is 36.3 Å². The summed E-state index contributed by atoms with van der Waals surface area (Å²) in [5, 5.41) is 9.76. The smallest absolute Gasteiger partial charge is 0.319 e. The Labute approximate surface area is 176 Å². The number of nitrogens with one attached hydrogen (secondary N) is 3. The predicted octanol–water partition coefficient (Wildman–Crippen LogP) is 4.86. The van der Waals surface area contributed by atoms with Gasteiger partial charge in [0.25, 0.3) is 5.91 Å². The molecule has 0 spiro atoms. The number of amides is 3. The van der Waals surface area contributed by atoms with E-state index >= 15 is 0 Å². The minimum atomic E-state index is -0.213. The second kappa shape index (κ2) is 8.87. The Kier molecular flexibility index (Phi) is 6.05. The number of fused-ring (bicyclic) bond motifs is 1. The third kappa shape index (κ3) is 4.56. The Morgan fingerprint density at radius 3 is 2.66 bits per heavy atom. The molecule has 2 aromatic rings. The van der Waals surface area contributed by atoms with E-state index in [1.54, 1.807) is 6.07 Å². The molecule has 0 bridgehead atoms.